The smallest absolute Gasteiger partial charge is 0.191 e. The van der Waals surface area contributed by atoms with Gasteiger partial charge in [0.25, 0.3) is 11.8 Å². The van der Waals surface area contributed by atoms with Crippen LogP contribution in [-0.2, 0) is 0 Å². The summed E-state index contributed by atoms with van der Waals surface area (Å²) in [4.78, 5) is 0. The van der Waals surface area contributed by atoms with Crippen LogP contribution in [0.1, 0.15) is 0 Å². The van der Waals surface area contributed by atoms with Crippen molar-refractivity contribution in [3.8, 4) is 0 Å². The molecule has 3 nitrogen and oxygen atoms in total. The lowest BCUT2D eigenvalue weighted by Crippen LogP contribution is -1.56. The molecule has 0 aromatic carbocycles. The van der Waals surface area contributed by atoms with Crippen LogP contribution in [0.25, 0.3) is 0 Å². The highest BCUT2D eigenvalue weighted by atomic mass is 36.1. The molecule has 0 saturated carbocycles. The first-order chi connectivity index (χ1) is 7.12. The van der Waals surface area contributed by atoms with Gasteiger partial charge in [0.2, 0.25) is 5.11 Å². The molecule has 0 N–H and O–H groups in total. The van der Waals surface area contributed by atoms with Gasteiger partial charge in [0.05, 0.1) is 0 Å². The van der Waals surface area contributed by atoms with Crippen LogP contribution in [0.15, 0.2) is 13.5 Å². The summed E-state index contributed by atoms with van der Waals surface area (Å²) in [6.45, 7) is 0. The van der Waals surface area contributed by atoms with Crippen LogP contribution < -0.4 is 0 Å². The van der Waals surface area contributed by atoms with Crippen molar-refractivity contribution in [3.05, 3.63) is 0 Å². The third kappa shape index (κ3) is 13.4. The second kappa shape index (κ2) is 7.53. The Balaban J connectivity index is 5.66. The van der Waals surface area contributed by atoms with Crippen molar-refractivity contribution in [1.82, 2.24) is 0 Å². The fraction of sp³-hybridized carbons (Fsp3) is 0. The first-order valence-corrected chi connectivity index (χ1v) is 18.8. The number of hydrogen-bond acceptors (Lipinski definition) is 1. The van der Waals surface area contributed by atoms with E-state index >= 15 is 0 Å². The zero-order chi connectivity index (χ0) is 14.1. The first kappa shape index (κ1) is 21.0. The molecule has 0 radical (unpaired) electrons. The van der Waals surface area contributed by atoms with E-state index in [9.17, 15) is 0 Å². The van der Waals surface area contributed by atoms with E-state index in [1.807, 2.05) is 0 Å². The molecule has 0 bridgehead atoms. The van der Waals surface area contributed by atoms with Gasteiger partial charge in [0.15, 0.2) is 33.7 Å². The third-order valence-corrected chi connectivity index (χ3v) is 14.2. The van der Waals surface area contributed by atoms with Crippen LogP contribution in [0.3, 0.4) is 0 Å². The number of nitrogens with zero attached hydrogens (tertiary/aromatic N) is 3. The molecule has 17 heteroatoms. The average Bonchev–Trinajstić information content (AvgIpc) is 1.65. The van der Waals surface area contributed by atoms with Gasteiger partial charge in [0.1, 0.15) is 0 Å². The van der Waals surface area contributed by atoms with E-state index in [-0.39, 0.29) is 0 Å². The van der Waals surface area contributed by atoms with Crippen molar-refractivity contribution < 1.29 is 0 Å². The standard InChI is InChI=1S/Cl10N3P4/c1-14(2,3)11-16(7,8)13-17(9,10)12-15(4,5)6/q+1. The van der Waals surface area contributed by atoms with Gasteiger partial charge in [0, 0.05) is 0 Å². The van der Waals surface area contributed by atoms with Gasteiger partial charge >= 0.3 is 5.47 Å². The molecule has 0 aromatic heterocycles. The molecule has 0 aliphatic heterocycles. The number of halogens is 10. The van der Waals surface area contributed by atoms with E-state index in [2.05, 4.69) is 13.5 Å². The average molecular weight is 520 g/mol. The van der Waals surface area contributed by atoms with Crippen LogP contribution in [0.5, 0.6) is 0 Å². The summed E-state index contributed by atoms with van der Waals surface area (Å²) in [6.07, 6.45) is 0. The van der Waals surface area contributed by atoms with Gasteiger partial charge < -0.3 is 0 Å². The molecule has 104 valence electrons. The molecule has 0 unspecified atom stereocenters. The predicted octanol–water partition coefficient (Wildman–Crippen LogP) is 10.9. The quantitative estimate of drug-likeness (QED) is 0.332. The minimum absolute atomic E-state index is 3.17. The van der Waals surface area contributed by atoms with Crippen LogP contribution in [0, 0.1) is 0 Å². The largest absolute Gasteiger partial charge is 0.423 e. The van der Waals surface area contributed by atoms with Crippen LogP contribution in [0.4, 0.5) is 0 Å². The zero-order valence-corrected chi connectivity index (χ0v) is 18.0. The Morgan fingerprint density at radius 1 is 0.647 bits per heavy atom. The van der Waals surface area contributed by atoms with Crippen molar-refractivity contribution >= 4 is 135 Å². The Bertz CT molecular complexity index is 417. The topological polar surface area (TPSA) is 37.1 Å². The summed E-state index contributed by atoms with van der Waals surface area (Å²) in [6, 6.07) is 0. The molecule has 0 aliphatic rings. The number of hydrogen-bond donors (Lipinski definition) is 0. The molecule has 0 heterocycles. The fourth-order valence-electron chi connectivity index (χ4n) is 0.409. The predicted molar refractivity (Wildman–Crippen MR) is 93.5 cm³/mol. The maximum Gasteiger partial charge on any atom is 0.423 e. The maximum absolute atomic E-state index is 5.73. The van der Waals surface area contributed by atoms with Crippen LogP contribution in [0.2, 0.25) is 0 Å². The summed E-state index contributed by atoms with van der Waals surface area (Å²) >= 11 is 55.8. The lowest BCUT2D eigenvalue weighted by Gasteiger charge is -2.08. The molecule has 0 aliphatic carbocycles. The highest BCUT2D eigenvalue weighted by Crippen LogP contribution is 2.86. The summed E-state index contributed by atoms with van der Waals surface area (Å²) in [5.41, 5.74) is -3.17. The zero-order valence-electron chi connectivity index (χ0n) is 6.91. The molecular formula is Cl10N3P4+. The van der Waals surface area contributed by atoms with Gasteiger partial charge in [-0.25, -0.2) is 0 Å². The normalized spacial score (nSPS) is 14.5. The monoisotopic (exact) mass is 516 g/mol. The van der Waals surface area contributed by atoms with Crippen LogP contribution in [-0.4, -0.2) is 0 Å². The second-order valence-corrected chi connectivity index (χ2v) is 26.3. The van der Waals surface area contributed by atoms with E-state index in [1.54, 1.807) is 0 Å². The Morgan fingerprint density at radius 2 is 1.06 bits per heavy atom. The minimum atomic E-state index is -3.39. The lowest BCUT2D eigenvalue weighted by atomic mass is 13.9. The molecule has 0 atom stereocenters. The summed E-state index contributed by atoms with van der Waals surface area (Å²) in [5.74, 6) is -6.78. The highest BCUT2D eigenvalue weighted by molar-refractivity contribution is 8.35. The van der Waals surface area contributed by atoms with Crippen LogP contribution >= 0.6 is 135 Å². The van der Waals surface area contributed by atoms with E-state index in [1.165, 1.54) is 0 Å². The van der Waals surface area contributed by atoms with Crippen molar-refractivity contribution in [3.63, 3.8) is 0 Å². The van der Waals surface area contributed by atoms with Gasteiger partial charge in [-0.05, 0) is 83.2 Å². The SMILES string of the molecule is ClP(Cl)(Cl)=NP(Cl)(Cl)=NP(Cl)(Cl)=N[P+](Cl)(Cl)Cl. The number of rotatable bonds is 3. The van der Waals surface area contributed by atoms with Gasteiger partial charge in [-0.15, -0.1) is 0 Å². The Kier molecular flexibility index (Phi) is 9.31. The van der Waals surface area contributed by atoms with E-state index in [0.717, 1.165) is 0 Å². The van der Waals surface area contributed by atoms with Crippen molar-refractivity contribution in [2.24, 2.45) is 13.5 Å². The molecule has 0 fully saturated rings. The Hall–Kier alpha value is 4.02. The van der Waals surface area contributed by atoms with E-state index < -0.39 is 22.4 Å². The van der Waals surface area contributed by atoms with Gasteiger partial charge in [-0.3, -0.25) is 0 Å². The molecule has 17 heavy (non-hydrogen) atoms. The molecule has 0 spiro atoms. The molecule has 0 amide bonds. The fourth-order valence-corrected chi connectivity index (χ4v) is 21.8. The molecule has 0 rings (SSSR count). The van der Waals surface area contributed by atoms with Gasteiger partial charge in [-0.1, -0.05) is 0 Å². The second-order valence-electron chi connectivity index (χ2n) is 2.02. The summed E-state index contributed by atoms with van der Waals surface area (Å²) in [7, 11) is 0. The summed E-state index contributed by atoms with van der Waals surface area (Å²) < 4.78 is 10.7. The maximum atomic E-state index is 5.73. The van der Waals surface area contributed by atoms with E-state index in [4.69, 9.17) is 112 Å². The third-order valence-electron chi connectivity index (χ3n) is 0.633. The molecular weight excluding hydrogens is 520 g/mol. The highest BCUT2D eigenvalue weighted by Gasteiger charge is 2.37. The summed E-state index contributed by atoms with van der Waals surface area (Å²) in [5, 5.41) is -3.17. The van der Waals surface area contributed by atoms with Gasteiger partial charge in [-0.2, -0.15) is 9.03 Å². The van der Waals surface area contributed by atoms with Crippen molar-refractivity contribution in [2.45, 2.75) is 0 Å². The Morgan fingerprint density at radius 3 is 1.35 bits per heavy atom. The van der Waals surface area contributed by atoms with Crippen molar-refractivity contribution in [2.75, 3.05) is 0 Å². The van der Waals surface area contributed by atoms with Crippen molar-refractivity contribution in [1.29, 1.82) is 0 Å². The molecule has 0 aromatic rings. The Labute approximate surface area is 147 Å². The lowest BCUT2D eigenvalue weighted by molar-refractivity contribution is 1.88. The molecule has 0 saturated heterocycles. The minimum Gasteiger partial charge on any atom is -0.191 e. The first-order valence-electron chi connectivity index (χ1n) is 2.89. The van der Waals surface area contributed by atoms with E-state index in [0.29, 0.717) is 0 Å².